The molecular formula is C18H17N5O3. The molecule has 0 atom stereocenters. The predicted molar refractivity (Wildman–Crippen MR) is 93.0 cm³/mol. The van der Waals surface area contributed by atoms with E-state index in [0.717, 1.165) is 5.69 Å². The van der Waals surface area contributed by atoms with Crippen LogP contribution in [0.4, 0.5) is 0 Å². The lowest BCUT2D eigenvalue weighted by Gasteiger charge is -2.28. The maximum Gasteiger partial charge on any atom is 0.257 e. The molecule has 1 amide bonds. The molecule has 3 aromatic rings. The Kier molecular flexibility index (Phi) is 4.00. The van der Waals surface area contributed by atoms with Gasteiger partial charge in [-0.05, 0) is 12.1 Å². The molecule has 0 fully saturated rings. The Morgan fingerprint density at radius 2 is 2.15 bits per heavy atom. The highest BCUT2D eigenvalue weighted by molar-refractivity contribution is 5.97. The SMILES string of the molecule is Cn1cc(Oc2ccccc2C(=O)N2CCc3nc[nH]c(=O)c3C2)cn1. The van der Waals surface area contributed by atoms with Crippen LogP contribution in [0.2, 0.25) is 0 Å². The van der Waals surface area contributed by atoms with Gasteiger partial charge in [-0.15, -0.1) is 0 Å². The second kappa shape index (κ2) is 6.47. The van der Waals surface area contributed by atoms with Crippen molar-refractivity contribution in [3.8, 4) is 11.5 Å². The standard InChI is InChI=1S/C18H17N5O3/c1-22-9-12(8-21-22)26-16-5-3-2-4-13(16)18(25)23-7-6-15-14(10-23)17(24)20-11-19-15/h2-5,8-9,11H,6-7,10H2,1H3,(H,19,20,24). The van der Waals surface area contributed by atoms with Gasteiger partial charge in [0.25, 0.3) is 11.5 Å². The maximum absolute atomic E-state index is 13.0. The van der Waals surface area contributed by atoms with E-state index in [-0.39, 0.29) is 18.0 Å². The Labute approximate surface area is 149 Å². The molecule has 1 N–H and O–H groups in total. The topological polar surface area (TPSA) is 93.1 Å². The first-order valence-corrected chi connectivity index (χ1v) is 8.22. The Hall–Kier alpha value is -3.42. The zero-order valence-electron chi connectivity index (χ0n) is 14.2. The van der Waals surface area contributed by atoms with Gasteiger partial charge in [-0.1, -0.05) is 12.1 Å². The molecular weight excluding hydrogens is 334 g/mol. The van der Waals surface area contributed by atoms with Crippen molar-refractivity contribution in [2.75, 3.05) is 6.54 Å². The molecule has 3 heterocycles. The molecule has 0 bridgehead atoms. The zero-order valence-corrected chi connectivity index (χ0v) is 14.2. The number of hydrogen-bond acceptors (Lipinski definition) is 5. The van der Waals surface area contributed by atoms with Crippen LogP contribution in [0.25, 0.3) is 0 Å². The van der Waals surface area contributed by atoms with Crippen LogP contribution in [0, 0.1) is 0 Å². The molecule has 0 aliphatic carbocycles. The van der Waals surface area contributed by atoms with Crippen molar-refractivity contribution in [2.24, 2.45) is 7.05 Å². The summed E-state index contributed by atoms with van der Waals surface area (Å²) >= 11 is 0. The molecule has 0 saturated carbocycles. The molecule has 4 rings (SSSR count). The van der Waals surface area contributed by atoms with Crippen LogP contribution >= 0.6 is 0 Å². The lowest BCUT2D eigenvalue weighted by Crippen LogP contribution is -2.39. The number of fused-ring (bicyclic) bond motifs is 1. The van der Waals surface area contributed by atoms with Gasteiger partial charge in [-0.25, -0.2) is 4.98 Å². The number of H-pyrrole nitrogens is 1. The van der Waals surface area contributed by atoms with E-state index in [1.807, 2.05) is 6.07 Å². The summed E-state index contributed by atoms with van der Waals surface area (Å²) in [4.78, 5) is 33.4. The number of rotatable bonds is 3. The fourth-order valence-corrected chi connectivity index (χ4v) is 3.01. The number of carbonyl (C=O) groups excluding carboxylic acids is 1. The van der Waals surface area contributed by atoms with Crippen molar-refractivity contribution in [3.63, 3.8) is 0 Å². The van der Waals surface area contributed by atoms with E-state index >= 15 is 0 Å². The minimum atomic E-state index is -0.201. The number of ether oxygens (including phenoxy) is 1. The summed E-state index contributed by atoms with van der Waals surface area (Å²) in [5.74, 6) is 0.826. The van der Waals surface area contributed by atoms with Crippen LogP contribution in [-0.4, -0.2) is 37.1 Å². The highest BCUT2D eigenvalue weighted by Crippen LogP contribution is 2.27. The second-order valence-electron chi connectivity index (χ2n) is 6.08. The van der Waals surface area contributed by atoms with Crippen molar-refractivity contribution in [1.29, 1.82) is 0 Å². The zero-order chi connectivity index (χ0) is 18.1. The van der Waals surface area contributed by atoms with Crippen molar-refractivity contribution < 1.29 is 9.53 Å². The summed E-state index contributed by atoms with van der Waals surface area (Å²) in [5, 5.41) is 4.06. The minimum Gasteiger partial charge on any atom is -0.453 e. The smallest absolute Gasteiger partial charge is 0.257 e. The van der Waals surface area contributed by atoms with Gasteiger partial charge in [0.2, 0.25) is 0 Å². The van der Waals surface area contributed by atoms with Crippen LogP contribution in [-0.2, 0) is 20.0 Å². The molecule has 0 spiro atoms. The van der Waals surface area contributed by atoms with Crippen LogP contribution < -0.4 is 10.3 Å². The molecule has 1 aliphatic rings. The van der Waals surface area contributed by atoms with Crippen LogP contribution in [0.15, 0.2) is 47.8 Å². The predicted octanol–water partition coefficient (Wildman–Crippen LogP) is 1.49. The highest BCUT2D eigenvalue weighted by Gasteiger charge is 2.26. The van der Waals surface area contributed by atoms with Crippen molar-refractivity contribution in [3.05, 3.63) is 70.2 Å². The molecule has 8 heteroatoms. The maximum atomic E-state index is 13.0. The van der Waals surface area contributed by atoms with E-state index < -0.39 is 0 Å². The number of aryl methyl sites for hydroxylation is 1. The van der Waals surface area contributed by atoms with E-state index in [9.17, 15) is 9.59 Å². The van der Waals surface area contributed by atoms with E-state index in [1.54, 1.807) is 47.2 Å². The van der Waals surface area contributed by atoms with Crippen LogP contribution in [0.3, 0.4) is 0 Å². The van der Waals surface area contributed by atoms with E-state index in [4.69, 9.17) is 4.74 Å². The van der Waals surface area contributed by atoms with Gasteiger partial charge in [0, 0.05) is 20.0 Å². The number of nitrogens with zero attached hydrogens (tertiary/aromatic N) is 4. The number of amides is 1. The summed E-state index contributed by atoms with van der Waals surface area (Å²) in [6, 6.07) is 7.06. The molecule has 26 heavy (non-hydrogen) atoms. The monoisotopic (exact) mass is 351 g/mol. The molecule has 132 valence electrons. The number of carbonyl (C=O) groups is 1. The highest BCUT2D eigenvalue weighted by atomic mass is 16.5. The van der Waals surface area contributed by atoms with Crippen LogP contribution in [0.5, 0.6) is 11.5 Å². The fraction of sp³-hybridized carbons (Fsp3) is 0.222. The first-order valence-electron chi connectivity index (χ1n) is 8.22. The molecule has 0 saturated heterocycles. The second-order valence-corrected chi connectivity index (χ2v) is 6.08. The third kappa shape index (κ3) is 2.97. The van der Waals surface area contributed by atoms with Crippen molar-refractivity contribution >= 4 is 5.91 Å². The molecule has 0 radical (unpaired) electrons. The van der Waals surface area contributed by atoms with Gasteiger partial charge in [-0.2, -0.15) is 5.10 Å². The van der Waals surface area contributed by atoms with Gasteiger partial charge in [0.15, 0.2) is 5.75 Å². The number of para-hydroxylation sites is 1. The Morgan fingerprint density at radius 1 is 1.31 bits per heavy atom. The number of hydrogen-bond donors (Lipinski definition) is 1. The molecule has 2 aromatic heterocycles. The van der Waals surface area contributed by atoms with Gasteiger partial charge in [-0.3, -0.25) is 14.3 Å². The van der Waals surface area contributed by atoms with Gasteiger partial charge < -0.3 is 14.6 Å². The average Bonchev–Trinajstić information content (AvgIpc) is 3.06. The lowest BCUT2D eigenvalue weighted by molar-refractivity contribution is 0.0730. The third-order valence-electron chi connectivity index (χ3n) is 4.32. The molecule has 1 aliphatic heterocycles. The van der Waals surface area contributed by atoms with E-state index in [0.29, 0.717) is 35.6 Å². The molecule has 8 nitrogen and oxygen atoms in total. The lowest BCUT2D eigenvalue weighted by atomic mass is 10.1. The first kappa shape index (κ1) is 16.1. The van der Waals surface area contributed by atoms with Gasteiger partial charge in [0.05, 0.1) is 42.1 Å². The average molecular weight is 351 g/mol. The fourth-order valence-electron chi connectivity index (χ4n) is 3.01. The summed E-state index contributed by atoms with van der Waals surface area (Å²) in [6.07, 6.45) is 5.26. The van der Waals surface area contributed by atoms with Crippen LogP contribution in [0.1, 0.15) is 21.6 Å². The normalized spacial score (nSPS) is 13.3. The summed E-state index contributed by atoms with van der Waals surface area (Å²) < 4.78 is 7.45. The van der Waals surface area contributed by atoms with Crippen molar-refractivity contribution in [2.45, 2.75) is 13.0 Å². The molecule has 1 aromatic carbocycles. The van der Waals surface area contributed by atoms with E-state index in [2.05, 4.69) is 15.1 Å². The third-order valence-corrected chi connectivity index (χ3v) is 4.32. The quantitative estimate of drug-likeness (QED) is 0.772. The van der Waals surface area contributed by atoms with E-state index in [1.165, 1.54) is 6.33 Å². The number of aromatic nitrogens is 4. The van der Waals surface area contributed by atoms with Gasteiger partial charge >= 0.3 is 0 Å². The van der Waals surface area contributed by atoms with Crippen molar-refractivity contribution in [1.82, 2.24) is 24.6 Å². The Balaban J connectivity index is 1.61. The summed E-state index contributed by atoms with van der Waals surface area (Å²) in [6.45, 7) is 0.738. The number of benzene rings is 1. The molecule has 0 unspecified atom stereocenters. The first-order chi connectivity index (χ1) is 12.6. The number of aromatic amines is 1. The summed E-state index contributed by atoms with van der Waals surface area (Å²) in [7, 11) is 1.79. The number of nitrogens with one attached hydrogen (secondary N) is 1. The Morgan fingerprint density at radius 3 is 2.96 bits per heavy atom. The minimum absolute atomic E-state index is 0.182. The largest absolute Gasteiger partial charge is 0.453 e. The summed E-state index contributed by atoms with van der Waals surface area (Å²) in [5.41, 5.74) is 1.53. The Bertz CT molecular complexity index is 1020. The van der Waals surface area contributed by atoms with Gasteiger partial charge in [0.1, 0.15) is 5.75 Å².